The molecule has 2 rings (SSSR count). The van der Waals surface area contributed by atoms with Crippen LogP contribution in [0.5, 0.6) is 0 Å². The molecular weight excluding hydrogens is 204 g/mol. The molecule has 16 heavy (non-hydrogen) atoms. The summed E-state index contributed by atoms with van der Waals surface area (Å²) in [4.78, 5) is 13.7. The van der Waals surface area contributed by atoms with Gasteiger partial charge in [0.2, 0.25) is 5.91 Å². The topological polar surface area (TPSA) is 51.0 Å². The van der Waals surface area contributed by atoms with Crippen molar-refractivity contribution in [1.29, 1.82) is 0 Å². The van der Waals surface area contributed by atoms with Crippen LogP contribution in [0.25, 0.3) is 0 Å². The fourth-order valence-corrected chi connectivity index (χ4v) is 2.13. The van der Waals surface area contributed by atoms with Crippen molar-refractivity contribution in [2.75, 3.05) is 13.1 Å². The fraction of sp³-hybridized carbons (Fsp3) is 0.727. The quantitative estimate of drug-likeness (QED) is 0.753. The summed E-state index contributed by atoms with van der Waals surface area (Å²) >= 11 is 0. The van der Waals surface area contributed by atoms with Gasteiger partial charge in [-0.05, 0) is 12.8 Å². The highest BCUT2D eigenvalue weighted by molar-refractivity contribution is 5.78. The van der Waals surface area contributed by atoms with E-state index in [0.29, 0.717) is 6.04 Å². The molecule has 1 fully saturated rings. The number of piperidine rings is 1. The van der Waals surface area contributed by atoms with E-state index in [1.807, 2.05) is 29.6 Å². The van der Waals surface area contributed by atoms with Gasteiger partial charge in [0.05, 0.1) is 12.2 Å². The van der Waals surface area contributed by atoms with E-state index in [2.05, 4.69) is 10.3 Å². The molecule has 1 aromatic heterocycles. The van der Waals surface area contributed by atoms with Gasteiger partial charge in [-0.25, -0.2) is 4.68 Å². The summed E-state index contributed by atoms with van der Waals surface area (Å²) in [6.45, 7) is 5.57. The number of amides is 1. The first-order valence-electron chi connectivity index (χ1n) is 5.83. The SMILES string of the molecule is CC(C)C(=O)N1CCC(n2ccnn2)CC1. The highest BCUT2D eigenvalue weighted by Gasteiger charge is 2.25. The van der Waals surface area contributed by atoms with Crippen LogP contribution < -0.4 is 0 Å². The third kappa shape index (κ3) is 2.23. The zero-order valence-electron chi connectivity index (χ0n) is 9.83. The third-order valence-corrected chi connectivity index (χ3v) is 3.09. The summed E-state index contributed by atoms with van der Waals surface area (Å²) < 4.78 is 1.90. The summed E-state index contributed by atoms with van der Waals surface area (Å²) in [5.74, 6) is 0.361. The van der Waals surface area contributed by atoms with Crippen molar-refractivity contribution in [2.45, 2.75) is 32.7 Å². The highest BCUT2D eigenvalue weighted by atomic mass is 16.2. The molecule has 0 saturated carbocycles. The lowest BCUT2D eigenvalue weighted by Gasteiger charge is -2.32. The van der Waals surface area contributed by atoms with Gasteiger partial charge in [-0.3, -0.25) is 4.79 Å². The van der Waals surface area contributed by atoms with Crippen LogP contribution >= 0.6 is 0 Å². The molecule has 0 aromatic carbocycles. The van der Waals surface area contributed by atoms with Crippen molar-refractivity contribution in [3.63, 3.8) is 0 Å². The van der Waals surface area contributed by atoms with Gasteiger partial charge < -0.3 is 4.90 Å². The van der Waals surface area contributed by atoms with Crippen molar-refractivity contribution in [3.05, 3.63) is 12.4 Å². The maximum Gasteiger partial charge on any atom is 0.225 e. The summed E-state index contributed by atoms with van der Waals surface area (Å²) in [6, 6.07) is 0.402. The van der Waals surface area contributed by atoms with E-state index in [9.17, 15) is 4.79 Å². The highest BCUT2D eigenvalue weighted by Crippen LogP contribution is 2.22. The molecule has 1 amide bonds. The van der Waals surface area contributed by atoms with Crippen molar-refractivity contribution < 1.29 is 4.79 Å². The molecule has 1 aromatic rings. The smallest absolute Gasteiger partial charge is 0.225 e. The number of carbonyl (C=O) groups excluding carboxylic acids is 1. The Morgan fingerprint density at radius 2 is 2.06 bits per heavy atom. The van der Waals surface area contributed by atoms with E-state index in [4.69, 9.17) is 0 Å². The Hall–Kier alpha value is -1.39. The summed E-state index contributed by atoms with van der Waals surface area (Å²) in [7, 11) is 0. The van der Waals surface area contributed by atoms with E-state index in [-0.39, 0.29) is 11.8 Å². The Kier molecular flexibility index (Phi) is 3.22. The van der Waals surface area contributed by atoms with Crippen molar-refractivity contribution in [3.8, 4) is 0 Å². The monoisotopic (exact) mass is 222 g/mol. The van der Waals surface area contributed by atoms with Gasteiger partial charge in [-0.15, -0.1) is 5.10 Å². The average molecular weight is 222 g/mol. The lowest BCUT2D eigenvalue weighted by Crippen LogP contribution is -2.41. The number of hydrogen-bond acceptors (Lipinski definition) is 3. The summed E-state index contributed by atoms with van der Waals surface area (Å²) in [5, 5.41) is 7.82. The van der Waals surface area contributed by atoms with Crippen LogP contribution in [0.1, 0.15) is 32.7 Å². The molecule has 0 atom stereocenters. The van der Waals surface area contributed by atoms with Crippen molar-refractivity contribution in [1.82, 2.24) is 19.9 Å². The summed E-state index contributed by atoms with van der Waals surface area (Å²) in [5.41, 5.74) is 0. The Bertz CT molecular complexity index is 339. The maximum absolute atomic E-state index is 11.8. The van der Waals surface area contributed by atoms with Gasteiger partial charge in [0.25, 0.3) is 0 Å². The second-order valence-electron chi connectivity index (χ2n) is 4.59. The predicted octanol–water partition coefficient (Wildman–Crippen LogP) is 1.10. The number of nitrogens with zero attached hydrogens (tertiary/aromatic N) is 4. The minimum Gasteiger partial charge on any atom is -0.342 e. The van der Waals surface area contributed by atoms with Gasteiger partial charge in [-0.2, -0.15) is 0 Å². The van der Waals surface area contributed by atoms with Gasteiger partial charge in [-0.1, -0.05) is 19.1 Å². The van der Waals surface area contributed by atoms with Crippen LogP contribution in [-0.2, 0) is 4.79 Å². The van der Waals surface area contributed by atoms with Crippen LogP contribution in [0.4, 0.5) is 0 Å². The standard InChI is InChI=1S/C11H18N4O/c1-9(2)11(16)14-6-3-10(4-7-14)15-8-5-12-13-15/h5,8-10H,3-4,6-7H2,1-2H3. The van der Waals surface area contributed by atoms with E-state index >= 15 is 0 Å². The molecule has 0 aliphatic carbocycles. The van der Waals surface area contributed by atoms with Crippen molar-refractivity contribution in [2.24, 2.45) is 5.92 Å². The Morgan fingerprint density at radius 1 is 1.38 bits per heavy atom. The molecule has 0 spiro atoms. The average Bonchev–Trinajstić information content (AvgIpc) is 2.81. The van der Waals surface area contributed by atoms with Crippen molar-refractivity contribution >= 4 is 5.91 Å². The van der Waals surface area contributed by atoms with Crippen LogP contribution in [0.3, 0.4) is 0 Å². The van der Waals surface area contributed by atoms with Gasteiger partial charge >= 0.3 is 0 Å². The number of hydrogen-bond donors (Lipinski definition) is 0. The van der Waals surface area contributed by atoms with Crippen LogP contribution in [0.2, 0.25) is 0 Å². The number of likely N-dealkylation sites (tertiary alicyclic amines) is 1. The lowest BCUT2D eigenvalue weighted by atomic mass is 10.0. The van der Waals surface area contributed by atoms with Gasteiger partial charge in [0, 0.05) is 25.2 Å². The number of aromatic nitrogens is 3. The largest absolute Gasteiger partial charge is 0.342 e. The van der Waals surface area contributed by atoms with E-state index in [1.165, 1.54) is 0 Å². The zero-order valence-corrected chi connectivity index (χ0v) is 9.83. The normalized spacial score (nSPS) is 18.1. The first kappa shape index (κ1) is 11.1. The first-order chi connectivity index (χ1) is 7.68. The Labute approximate surface area is 95.4 Å². The lowest BCUT2D eigenvalue weighted by molar-refractivity contribution is -0.135. The first-order valence-corrected chi connectivity index (χ1v) is 5.83. The Morgan fingerprint density at radius 3 is 2.56 bits per heavy atom. The minimum absolute atomic E-state index is 0.0999. The molecule has 1 aliphatic heterocycles. The molecule has 0 unspecified atom stereocenters. The predicted molar refractivity (Wildman–Crippen MR) is 59.7 cm³/mol. The second kappa shape index (κ2) is 4.63. The minimum atomic E-state index is 0.0999. The molecular formula is C11H18N4O. The number of carbonyl (C=O) groups is 1. The molecule has 88 valence electrons. The van der Waals surface area contributed by atoms with Crippen LogP contribution in [0, 0.1) is 5.92 Å². The zero-order chi connectivity index (χ0) is 11.5. The van der Waals surface area contributed by atoms with Gasteiger partial charge in [0.15, 0.2) is 0 Å². The van der Waals surface area contributed by atoms with Crippen LogP contribution in [-0.4, -0.2) is 38.9 Å². The molecule has 0 bridgehead atoms. The second-order valence-corrected chi connectivity index (χ2v) is 4.59. The van der Waals surface area contributed by atoms with E-state index < -0.39 is 0 Å². The van der Waals surface area contributed by atoms with Gasteiger partial charge in [0.1, 0.15) is 0 Å². The molecule has 1 aliphatic rings. The maximum atomic E-state index is 11.8. The fourth-order valence-electron chi connectivity index (χ4n) is 2.13. The molecule has 2 heterocycles. The molecule has 0 radical (unpaired) electrons. The summed E-state index contributed by atoms with van der Waals surface area (Å²) in [6.07, 6.45) is 5.54. The van der Waals surface area contributed by atoms with E-state index in [0.717, 1.165) is 25.9 Å². The van der Waals surface area contributed by atoms with Crippen LogP contribution in [0.15, 0.2) is 12.4 Å². The number of rotatable bonds is 2. The molecule has 1 saturated heterocycles. The molecule has 5 nitrogen and oxygen atoms in total. The van der Waals surface area contributed by atoms with E-state index in [1.54, 1.807) is 6.20 Å². The third-order valence-electron chi connectivity index (χ3n) is 3.09. The molecule has 5 heteroatoms. The Balaban J connectivity index is 1.90. The molecule has 0 N–H and O–H groups in total.